The minimum Gasteiger partial charge on any atom is -0.454 e. The zero-order valence-corrected chi connectivity index (χ0v) is 27.3. The van der Waals surface area contributed by atoms with Crippen LogP contribution in [0.2, 0.25) is 0 Å². The number of ether oxygens (including phenoxy) is 2. The molecule has 7 heteroatoms. The summed E-state index contributed by atoms with van der Waals surface area (Å²) in [5.74, 6) is -1.71. The Morgan fingerprint density at radius 3 is 2.40 bits per heavy atom. The van der Waals surface area contributed by atoms with Crippen molar-refractivity contribution in [2.45, 2.75) is 130 Å². The van der Waals surface area contributed by atoms with Gasteiger partial charge in [0, 0.05) is 41.1 Å². The van der Waals surface area contributed by atoms with Crippen LogP contribution in [0.15, 0.2) is 34.9 Å². The van der Waals surface area contributed by atoms with E-state index in [1.807, 2.05) is 13.0 Å². The van der Waals surface area contributed by atoms with Crippen LogP contribution in [0.3, 0.4) is 0 Å². The number of esters is 2. The average Bonchev–Trinajstić information content (AvgIpc) is 3.77. The molecule has 7 nitrogen and oxygen atoms in total. The van der Waals surface area contributed by atoms with Gasteiger partial charge in [-0.15, -0.1) is 0 Å². The van der Waals surface area contributed by atoms with Crippen LogP contribution in [-0.2, 0) is 23.9 Å². The van der Waals surface area contributed by atoms with Crippen LogP contribution in [0.4, 0.5) is 0 Å². The van der Waals surface area contributed by atoms with Crippen molar-refractivity contribution in [3.63, 3.8) is 0 Å². The highest BCUT2D eigenvalue weighted by Gasteiger charge is 2.94. The first-order valence-corrected chi connectivity index (χ1v) is 16.6. The molecule has 0 radical (unpaired) electrons. The Morgan fingerprint density at radius 1 is 1.12 bits per heavy atom. The van der Waals surface area contributed by atoms with Gasteiger partial charge in [0.15, 0.2) is 11.4 Å². The van der Waals surface area contributed by atoms with Gasteiger partial charge in [-0.3, -0.25) is 9.59 Å². The molecule has 5 rings (SSSR count). The van der Waals surface area contributed by atoms with E-state index in [2.05, 4.69) is 26.8 Å². The van der Waals surface area contributed by atoms with Crippen LogP contribution in [0, 0.1) is 34.0 Å². The summed E-state index contributed by atoms with van der Waals surface area (Å²) in [7, 11) is 0. The highest BCUT2D eigenvalue weighted by Crippen LogP contribution is 2.89. The second-order valence-corrected chi connectivity index (χ2v) is 14.8. The second-order valence-electron chi connectivity index (χ2n) is 14.8. The summed E-state index contributed by atoms with van der Waals surface area (Å²) in [6.07, 6.45) is 13.6. The van der Waals surface area contributed by atoms with Crippen molar-refractivity contribution in [1.82, 2.24) is 0 Å². The van der Waals surface area contributed by atoms with Gasteiger partial charge >= 0.3 is 11.9 Å². The number of aliphatic hydroxyl groups is 2. The summed E-state index contributed by atoms with van der Waals surface area (Å²) in [4.78, 5) is 40.4. The molecule has 0 aromatic rings. The Labute approximate surface area is 257 Å². The van der Waals surface area contributed by atoms with Gasteiger partial charge in [-0.2, -0.15) is 0 Å². The number of hydrogen-bond donors (Lipinski definition) is 2. The molecule has 43 heavy (non-hydrogen) atoms. The maximum atomic E-state index is 13.5. The number of carbonyl (C=O) groups is 3. The lowest BCUT2D eigenvalue weighted by atomic mass is 9.62. The van der Waals surface area contributed by atoms with Gasteiger partial charge in [0.25, 0.3) is 0 Å². The van der Waals surface area contributed by atoms with Crippen molar-refractivity contribution in [1.29, 1.82) is 0 Å². The monoisotopic (exact) mass is 596 g/mol. The molecule has 5 aliphatic rings. The maximum absolute atomic E-state index is 13.5. The van der Waals surface area contributed by atoms with Crippen molar-refractivity contribution in [3.8, 4) is 0 Å². The van der Waals surface area contributed by atoms with Gasteiger partial charge in [0.2, 0.25) is 0 Å². The third kappa shape index (κ3) is 4.30. The van der Waals surface area contributed by atoms with Crippen molar-refractivity contribution in [2.75, 3.05) is 6.61 Å². The van der Waals surface area contributed by atoms with Crippen LogP contribution < -0.4 is 0 Å². The molecular formula is C36H52O7. The third-order valence-electron chi connectivity index (χ3n) is 12.4. The molecule has 0 aliphatic heterocycles. The van der Waals surface area contributed by atoms with Crippen LogP contribution in [-0.4, -0.2) is 51.8 Å². The number of rotatable bonds is 12. The minimum absolute atomic E-state index is 0.0709. The molecule has 2 spiro atoms. The maximum Gasteiger partial charge on any atom is 0.333 e. The Kier molecular flexibility index (Phi) is 8.21. The van der Waals surface area contributed by atoms with E-state index in [1.165, 1.54) is 25.7 Å². The molecule has 238 valence electrons. The molecule has 0 amide bonds. The summed E-state index contributed by atoms with van der Waals surface area (Å²) in [6.45, 7) is 13.4. The predicted octanol–water partition coefficient (Wildman–Crippen LogP) is 6.17. The number of fused-ring (bicyclic) bond motifs is 2. The number of unbranched alkanes of at least 4 members (excludes halogenated alkanes) is 6. The number of hydrogen-bond acceptors (Lipinski definition) is 7. The van der Waals surface area contributed by atoms with Crippen molar-refractivity contribution in [2.24, 2.45) is 34.0 Å². The lowest BCUT2D eigenvalue weighted by Gasteiger charge is -2.47. The van der Waals surface area contributed by atoms with Gasteiger partial charge in [-0.05, 0) is 56.1 Å². The fourth-order valence-corrected chi connectivity index (χ4v) is 9.97. The molecule has 3 saturated carbocycles. The fourth-order valence-electron chi connectivity index (χ4n) is 9.97. The SMILES string of the molecule is C/C=C(\C)C(=O)O[C@@H]1[C@@H](C)[C@]23C[C@]24C=C(C)C(=O)[C@@]4(O)CC(CO)=C[C@H]3[C@@H]2C(C)(C)[C@]12OC(=O)CCCCCCCCC. The van der Waals surface area contributed by atoms with E-state index >= 15 is 0 Å². The smallest absolute Gasteiger partial charge is 0.333 e. The summed E-state index contributed by atoms with van der Waals surface area (Å²) in [6, 6.07) is 0. The van der Waals surface area contributed by atoms with Gasteiger partial charge in [-0.25, -0.2) is 4.79 Å². The number of Topliss-reactive ketones (excluding diaryl/α,β-unsaturated/α-hetero) is 1. The largest absolute Gasteiger partial charge is 0.454 e. The lowest BCUT2D eigenvalue weighted by molar-refractivity contribution is -0.193. The minimum atomic E-state index is -1.66. The highest BCUT2D eigenvalue weighted by atomic mass is 16.6. The van der Waals surface area contributed by atoms with Crippen molar-refractivity contribution in [3.05, 3.63) is 34.9 Å². The van der Waals surface area contributed by atoms with Gasteiger partial charge in [0.05, 0.1) is 6.61 Å². The molecule has 0 saturated heterocycles. The normalized spacial score (nSPS) is 40.2. The number of ketones is 1. The standard InChI is InChI=1S/C36H52O7/c1-8-10-11-12-13-14-15-16-27(38)43-36-28(32(36,6)7)26-17-25(20-37)19-35(41)29(39)23(4)18-33(35)21-34(26,33)24(5)30(36)42-31(40)22(3)9-2/h9,17-18,24,26,28,30,37,41H,8,10-16,19-21H2,1-7H3/b22-9+/t24-,26+,28-,30-,33-,34+,35+,36-/m1/s1. The average molecular weight is 597 g/mol. The van der Waals surface area contributed by atoms with Gasteiger partial charge in [-0.1, -0.05) is 84.4 Å². The molecule has 0 bridgehead atoms. The Bertz CT molecular complexity index is 1270. The van der Waals surface area contributed by atoms with Crippen LogP contribution >= 0.6 is 0 Å². The molecule has 0 unspecified atom stereocenters. The summed E-state index contributed by atoms with van der Waals surface area (Å²) < 4.78 is 12.9. The molecule has 5 aliphatic carbocycles. The van der Waals surface area contributed by atoms with Crippen molar-refractivity contribution < 1.29 is 34.1 Å². The van der Waals surface area contributed by atoms with E-state index in [0.29, 0.717) is 29.6 Å². The molecule has 8 atom stereocenters. The molecule has 0 heterocycles. The topological polar surface area (TPSA) is 110 Å². The molecule has 0 aromatic carbocycles. The van der Waals surface area contributed by atoms with Gasteiger partial charge < -0.3 is 19.7 Å². The Morgan fingerprint density at radius 2 is 1.77 bits per heavy atom. The van der Waals surface area contributed by atoms with Gasteiger partial charge in [0.1, 0.15) is 11.7 Å². The fraction of sp³-hybridized carbons (Fsp3) is 0.750. The zero-order chi connectivity index (χ0) is 31.6. The van der Waals surface area contributed by atoms with Crippen molar-refractivity contribution >= 4 is 17.7 Å². The van der Waals surface area contributed by atoms with Crippen LogP contribution in [0.25, 0.3) is 0 Å². The van der Waals surface area contributed by atoms with E-state index in [-0.39, 0.29) is 42.5 Å². The molecular weight excluding hydrogens is 544 g/mol. The van der Waals surface area contributed by atoms with E-state index in [9.17, 15) is 24.6 Å². The quantitative estimate of drug-likeness (QED) is 0.120. The Hall–Kier alpha value is -2.25. The highest BCUT2D eigenvalue weighted by molar-refractivity contribution is 6.06. The first-order valence-electron chi connectivity index (χ1n) is 16.6. The van der Waals surface area contributed by atoms with E-state index in [4.69, 9.17) is 9.47 Å². The molecule has 2 N–H and O–H groups in total. The molecule has 3 fully saturated rings. The number of carbonyl (C=O) groups excluding carboxylic acids is 3. The second kappa shape index (κ2) is 11.0. The third-order valence-corrected chi connectivity index (χ3v) is 12.4. The molecule has 0 aromatic heterocycles. The van der Waals surface area contributed by atoms with E-state index < -0.39 is 39.5 Å². The van der Waals surface area contributed by atoms with Crippen LogP contribution in [0.5, 0.6) is 0 Å². The number of aliphatic hydroxyl groups excluding tert-OH is 1. The van der Waals surface area contributed by atoms with E-state index in [1.54, 1.807) is 26.8 Å². The zero-order valence-electron chi connectivity index (χ0n) is 27.3. The Balaban J connectivity index is 1.51. The predicted molar refractivity (Wildman–Crippen MR) is 164 cm³/mol. The first-order chi connectivity index (χ1) is 20.3. The lowest BCUT2D eigenvalue weighted by Crippen LogP contribution is -2.56. The summed E-state index contributed by atoms with van der Waals surface area (Å²) >= 11 is 0. The number of allylic oxidation sites excluding steroid dienone is 2. The first kappa shape index (κ1) is 32.2. The summed E-state index contributed by atoms with van der Waals surface area (Å²) in [5.41, 5.74) is -3.01. The van der Waals surface area contributed by atoms with E-state index in [0.717, 1.165) is 19.3 Å². The van der Waals surface area contributed by atoms with Crippen LogP contribution in [0.1, 0.15) is 113 Å². The summed E-state index contributed by atoms with van der Waals surface area (Å²) in [5, 5.41) is 22.5.